The molecule has 2 unspecified atom stereocenters. The second-order valence-electron chi connectivity index (χ2n) is 14.0. The average Bonchev–Trinajstić information content (AvgIpc) is 3.68. The predicted molar refractivity (Wildman–Crippen MR) is 169 cm³/mol. The summed E-state index contributed by atoms with van der Waals surface area (Å²) in [6.45, 7) is 4.30. The van der Waals surface area contributed by atoms with Crippen molar-refractivity contribution in [3.05, 3.63) is 0 Å². The molecule has 4 atom stereocenters. The predicted octanol–water partition coefficient (Wildman–Crippen LogP) is 2.72. The van der Waals surface area contributed by atoms with Crippen molar-refractivity contribution in [1.29, 1.82) is 0 Å². The molecule has 3 saturated carbocycles. The van der Waals surface area contributed by atoms with Crippen molar-refractivity contribution in [2.75, 3.05) is 12.3 Å². The summed E-state index contributed by atoms with van der Waals surface area (Å²) >= 11 is -2.34. The Labute approximate surface area is 269 Å². The molecule has 0 aromatic carbocycles. The fourth-order valence-corrected chi connectivity index (χ4v) is 8.22. The zero-order chi connectivity index (χ0) is 32.6. The van der Waals surface area contributed by atoms with Gasteiger partial charge < -0.3 is 30.7 Å². The van der Waals surface area contributed by atoms with E-state index in [1.807, 2.05) is 13.8 Å². The molecule has 5 amide bonds. The van der Waals surface area contributed by atoms with Crippen LogP contribution in [0.5, 0.6) is 0 Å². The van der Waals surface area contributed by atoms with Crippen LogP contribution < -0.4 is 21.3 Å². The minimum Gasteiger partial charge on any atom is -0.772 e. The van der Waals surface area contributed by atoms with Gasteiger partial charge in [0.2, 0.25) is 17.6 Å². The molecule has 12 nitrogen and oxygen atoms in total. The van der Waals surface area contributed by atoms with E-state index in [2.05, 4.69) is 21.3 Å². The molecule has 4 aliphatic rings. The van der Waals surface area contributed by atoms with Gasteiger partial charge in [0.1, 0.15) is 12.1 Å². The van der Waals surface area contributed by atoms with Crippen molar-refractivity contribution in [2.45, 2.75) is 153 Å². The summed E-state index contributed by atoms with van der Waals surface area (Å²) in [6, 6.07) is -3.26. The number of Topliss-reactive ketones (excluding diaryl/α,β-unsaturated/α-hetero) is 1. The fraction of sp³-hybridized carbons (Fsp3) is 0.844. The van der Waals surface area contributed by atoms with Gasteiger partial charge in [-0.25, -0.2) is 4.79 Å². The number of unbranched alkanes of at least 4 members (excludes halogenated alkanes) is 1. The number of rotatable bonds is 14. The summed E-state index contributed by atoms with van der Waals surface area (Å²) in [4.78, 5) is 68.6. The smallest absolute Gasteiger partial charge is 0.315 e. The molecule has 0 aromatic rings. The summed E-state index contributed by atoms with van der Waals surface area (Å²) < 4.78 is 23.4. The first-order valence-electron chi connectivity index (χ1n) is 17.1. The van der Waals surface area contributed by atoms with Crippen LogP contribution in [0.15, 0.2) is 0 Å². The number of hydrogen-bond donors (Lipinski definition) is 4. The number of urea groups is 1. The lowest BCUT2D eigenvalue weighted by molar-refractivity contribution is -0.144. The number of amides is 5. The summed E-state index contributed by atoms with van der Waals surface area (Å²) in [5.41, 5.74) is -1.42. The Morgan fingerprint density at radius 1 is 0.911 bits per heavy atom. The third-order valence-electron chi connectivity index (χ3n) is 10.3. The average molecular weight is 651 g/mol. The molecule has 4 fully saturated rings. The largest absolute Gasteiger partial charge is 0.772 e. The topological polar surface area (TPSA) is 177 Å². The first-order valence-corrected chi connectivity index (χ1v) is 18.3. The van der Waals surface area contributed by atoms with Crippen LogP contribution in [0.1, 0.15) is 123 Å². The van der Waals surface area contributed by atoms with Crippen LogP contribution in [0.3, 0.4) is 0 Å². The van der Waals surface area contributed by atoms with Crippen LogP contribution in [0, 0.1) is 5.41 Å². The molecule has 1 heterocycles. The lowest BCUT2D eigenvalue weighted by Gasteiger charge is -2.43. The second-order valence-corrected chi connectivity index (χ2v) is 14.9. The lowest BCUT2D eigenvalue weighted by Crippen LogP contribution is -2.64. The maximum absolute atomic E-state index is 14.4. The Kier molecular flexibility index (Phi) is 12.4. The number of carbonyl (C=O) groups is 5. The van der Waals surface area contributed by atoms with Crippen molar-refractivity contribution >= 4 is 40.6 Å². The van der Waals surface area contributed by atoms with E-state index in [1.165, 1.54) is 4.90 Å². The number of likely N-dealkylation sites (tertiary alicyclic amines) is 1. The number of nitrogens with zero attached hydrogens (tertiary/aromatic N) is 1. The van der Waals surface area contributed by atoms with Gasteiger partial charge in [-0.05, 0) is 63.2 Å². The van der Waals surface area contributed by atoms with Crippen molar-refractivity contribution in [3.8, 4) is 0 Å². The molecule has 1 aliphatic heterocycles. The molecule has 45 heavy (non-hydrogen) atoms. The van der Waals surface area contributed by atoms with E-state index >= 15 is 0 Å². The Morgan fingerprint density at radius 2 is 1.56 bits per heavy atom. The summed E-state index contributed by atoms with van der Waals surface area (Å²) in [5.74, 6) is -2.34. The number of ketones is 1. The molecule has 0 bridgehead atoms. The van der Waals surface area contributed by atoms with Crippen molar-refractivity contribution in [1.82, 2.24) is 26.2 Å². The van der Waals surface area contributed by atoms with E-state index in [4.69, 9.17) is 0 Å². The Bertz CT molecular complexity index is 1120. The molecule has 0 aromatic heterocycles. The van der Waals surface area contributed by atoms with Crippen LogP contribution >= 0.6 is 0 Å². The second kappa shape index (κ2) is 15.8. The van der Waals surface area contributed by atoms with Crippen LogP contribution in [-0.2, 0) is 30.3 Å². The normalized spacial score (nSPS) is 24.5. The quantitative estimate of drug-likeness (QED) is 0.165. The molecular weight excluding hydrogens is 598 g/mol. The highest BCUT2D eigenvalue weighted by Crippen LogP contribution is 2.40. The maximum atomic E-state index is 14.4. The number of nitrogens with one attached hydrogen (secondary N) is 4. The molecule has 4 N–H and O–H groups in total. The first kappa shape index (κ1) is 35.3. The van der Waals surface area contributed by atoms with Crippen molar-refractivity contribution in [2.24, 2.45) is 5.41 Å². The third kappa shape index (κ3) is 9.49. The van der Waals surface area contributed by atoms with Gasteiger partial charge in [0.05, 0.1) is 11.6 Å². The number of hydrogen-bond acceptors (Lipinski definition) is 7. The minimum atomic E-state index is -2.34. The van der Waals surface area contributed by atoms with Gasteiger partial charge in [-0.15, -0.1) is 0 Å². The van der Waals surface area contributed by atoms with Crippen LogP contribution in [0.4, 0.5) is 4.79 Å². The Morgan fingerprint density at radius 3 is 2.16 bits per heavy atom. The first-order chi connectivity index (χ1) is 21.5. The van der Waals surface area contributed by atoms with Crippen molar-refractivity contribution in [3.63, 3.8) is 0 Å². The van der Waals surface area contributed by atoms with Gasteiger partial charge in [0.25, 0.3) is 5.91 Å². The van der Waals surface area contributed by atoms with E-state index < -0.39 is 63.8 Å². The van der Waals surface area contributed by atoms with Crippen LogP contribution in [0.2, 0.25) is 0 Å². The molecule has 0 spiro atoms. The fourth-order valence-electron chi connectivity index (χ4n) is 7.41. The van der Waals surface area contributed by atoms with Crippen LogP contribution in [-0.4, -0.2) is 85.2 Å². The van der Waals surface area contributed by atoms with E-state index in [0.29, 0.717) is 45.1 Å². The highest BCUT2D eigenvalue weighted by atomic mass is 32.2. The number of carbonyl (C=O) groups excluding carboxylic acids is 5. The molecule has 254 valence electrons. The molecule has 1 saturated heterocycles. The van der Waals surface area contributed by atoms with Gasteiger partial charge in [-0.2, -0.15) is 0 Å². The Balaban J connectivity index is 1.50. The summed E-state index contributed by atoms with van der Waals surface area (Å²) in [5, 5.41) is 11.4. The summed E-state index contributed by atoms with van der Waals surface area (Å²) in [6.07, 6.45) is 12.5. The van der Waals surface area contributed by atoms with Gasteiger partial charge in [-0.1, -0.05) is 76.3 Å². The van der Waals surface area contributed by atoms with E-state index in [0.717, 1.165) is 70.6 Å². The lowest BCUT2D eigenvalue weighted by atomic mass is 9.70. The van der Waals surface area contributed by atoms with Crippen LogP contribution in [0.25, 0.3) is 0 Å². The highest BCUT2D eigenvalue weighted by Gasteiger charge is 2.47. The minimum absolute atomic E-state index is 0.0187. The maximum Gasteiger partial charge on any atom is 0.315 e. The third-order valence-corrected chi connectivity index (χ3v) is 11.0. The Hall–Kier alpha value is -2.54. The zero-order valence-electron chi connectivity index (χ0n) is 27.0. The van der Waals surface area contributed by atoms with Crippen molar-refractivity contribution < 1.29 is 32.7 Å². The standard InChI is InChI=1S/C32H53N5O7S/c1-3-4-12-23(25(38)28(40)33-22-14-15-22)34-27(39)24-13-11-20-37(24)29(41)26(31(2)16-7-5-8-17-31)35-30(42)36-32(21-45(43)44)18-9-6-10-19-32/h22-24,26H,3-21H2,1-2H3,(H,33,40)(H,34,39)(H,43,44)(H2,35,36,42)/p-1/t23?,24-,26+/m0/s1. The van der Waals surface area contributed by atoms with Gasteiger partial charge in [0.15, 0.2) is 0 Å². The SMILES string of the molecule is CCCCC(NC(=O)[C@@H]1CCCN1C(=O)[C@@H](NC(=O)NC1(CS(=O)[O-])CCCCC1)C1(C)CCCCC1)C(=O)C(=O)NC1CC1. The van der Waals surface area contributed by atoms with E-state index in [9.17, 15) is 32.7 Å². The van der Waals surface area contributed by atoms with E-state index in [1.54, 1.807) is 0 Å². The van der Waals surface area contributed by atoms with Gasteiger partial charge >= 0.3 is 6.03 Å². The zero-order valence-corrected chi connectivity index (χ0v) is 27.8. The van der Waals surface area contributed by atoms with Gasteiger partial charge in [0, 0.05) is 18.3 Å². The summed E-state index contributed by atoms with van der Waals surface area (Å²) in [7, 11) is 0. The molecular formula is C32H52N5O7S-. The monoisotopic (exact) mass is 650 g/mol. The van der Waals surface area contributed by atoms with E-state index in [-0.39, 0.29) is 17.7 Å². The molecule has 4 rings (SSSR count). The molecule has 0 radical (unpaired) electrons. The molecule has 13 heteroatoms. The highest BCUT2D eigenvalue weighted by molar-refractivity contribution is 7.79. The molecule has 3 aliphatic carbocycles. The van der Waals surface area contributed by atoms with Gasteiger partial charge in [-0.3, -0.25) is 23.4 Å².